The van der Waals surface area contributed by atoms with Crippen molar-refractivity contribution in [3.63, 3.8) is 0 Å². The van der Waals surface area contributed by atoms with Gasteiger partial charge in [-0.1, -0.05) is 47.6 Å². The summed E-state index contributed by atoms with van der Waals surface area (Å²) in [4.78, 5) is 25.6. The number of ether oxygens (including phenoxy) is 2. The summed E-state index contributed by atoms with van der Waals surface area (Å²) < 4.78 is 10.3. The van der Waals surface area contributed by atoms with Crippen molar-refractivity contribution in [1.82, 2.24) is 5.32 Å². The lowest BCUT2D eigenvalue weighted by Gasteiger charge is -2.29. The van der Waals surface area contributed by atoms with Gasteiger partial charge in [-0.15, -0.1) is 0 Å². The van der Waals surface area contributed by atoms with Crippen LogP contribution in [0, 0.1) is 18.3 Å². The van der Waals surface area contributed by atoms with Crippen LogP contribution in [0.1, 0.15) is 24.0 Å². The lowest BCUT2D eigenvalue weighted by atomic mass is 9.82. The molecule has 0 radical (unpaired) electrons. The molecule has 1 amide bonds. The third kappa shape index (κ3) is 6.89. The molecule has 0 aliphatic carbocycles. The Labute approximate surface area is 214 Å². The van der Waals surface area contributed by atoms with Gasteiger partial charge in [-0.05, 0) is 49.2 Å². The molecule has 0 unspecified atom stereocenters. The lowest BCUT2D eigenvalue weighted by Crippen LogP contribution is -2.29. The van der Waals surface area contributed by atoms with Crippen molar-refractivity contribution in [3.8, 4) is 6.07 Å². The minimum absolute atomic E-state index is 0.0791. The Balaban J connectivity index is 1.87. The Morgan fingerprint density at radius 2 is 1.91 bits per heavy atom. The maximum Gasteiger partial charge on any atom is 0.336 e. The number of methoxy groups -OCH3 is 1. The summed E-state index contributed by atoms with van der Waals surface area (Å²) in [6.07, 6.45) is 0. The van der Waals surface area contributed by atoms with Crippen molar-refractivity contribution in [3.05, 3.63) is 86.6 Å². The van der Waals surface area contributed by atoms with E-state index in [0.29, 0.717) is 38.1 Å². The molecule has 1 aliphatic rings. The first-order chi connectivity index (χ1) is 16.8. The van der Waals surface area contributed by atoms with E-state index in [9.17, 15) is 14.9 Å². The van der Waals surface area contributed by atoms with Crippen molar-refractivity contribution >= 4 is 40.9 Å². The molecule has 7 nitrogen and oxygen atoms in total. The van der Waals surface area contributed by atoms with Crippen molar-refractivity contribution in [1.29, 1.82) is 5.26 Å². The van der Waals surface area contributed by atoms with Gasteiger partial charge < -0.3 is 20.1 Å². The molecule has 0 saturated carbocycles. The summed E-state index contributed by atoms with van der Waals surface area (Å²) in [5.74, 6) is -1.34. The second-order valence-electron chi connectivity index (χ2n) is 7.84. The van der Waals surface area contributed by atoms with Crippen molar-refractivity contribution in [2.45, 2.75) is 19.8 Å². The third-order valence-corrected chi connectivity index (χ3v) is 6.51. The highest BCUT2D eigenvalue weighted by Crippen LogP contribution is 2.41. The number of anilines is 1. The number of allylic oxidation sites excluding steroid dienone is 2. The van der Waals surface area contributed by atoms with E-state index in [-0.39, 0.29) is 24.9 Å². The molecule has 0 spiro atoms. The summed E-state index contributed by atoms with van der Waals surface area (Å²) >= 11 is 7.27. The SMILES string of the molecule is COCCOC(=O)C1=C(C)NC(SCC(=O)Nc2cccc(C)c2)=C(C#N)[C@@H]1c1ccc(Cl)cc1. The smallest absolute Gasteiger partial charge is 0.336 e. The number of hydrogen-bond donors (Lipinski definition) is 2. The molecule has 0 aromatic heterocycles. The second kappa shape index (κ2) is 12.5. The molecule has 182 valence electrons. The van der Waals surface area contributed by atoms with E-state index in [1.807, 2.05) is 31.2 Å². The molecule has 0 bridgehead atoms. The predicted molar refractivity (Wildman–Crippen MR) is 138 cm³/mol. The van der Waals surface area contributed by atoms with Crippen LogP contribution in [0.4, 0.5) is 5.69 Å². The van der Waals surface area contributed by atoms with Gasteiger partial charge >= 0.3 is 5.97 Å². The molecular weight excluding hydrogens is 486 g/mol. The highest BCUT2D eigenvalue weighted by Gasteiger charge is 2.35. The quantitative estimate of drug-likeness (QED) is 0.364. The highest BCUT2D eigenvalue weighted by atomic mass is 35.5. The number of amides is 1. The fraction of sp³-hybridized carbons (Fsp3) is 0.269. The summed E-state index contributed by atoms with van der Waals surface area (Å²) in [5, 5.41) is 17.2. The van der Waals surface area contributed by atoms with E-state index in [1.165, 1.54) is 18.9 Å². The van der Waals surface area contributed by atoms with Gasteiger partial charge in [-0.3, -0.25) is 4.79 Å². The largest absolute Gasteiger partial charge is 0.460 e. The van der Waals surface area contributed by atoms with E-state index >= 15 is 0 Å². The number of carbonyl (C=O) groups is 2. The molecule has 0 saturated heterocycles. The number of dihydropyridines is 1. The molecule has 2 aromatic rings. The molecule has 35 heavy (non-hydrogen) atoms. The third-order valence-electron chi connectivity index (χ3n) is 5.24. The summed E-state index contributed by atoms with van der Waals surface area (Å²) in [6, 6.07) is 16.7. The van der Waals surface area contributed by atoms with Gasteiger partial charge in [0.25, 0.3) is 0 Å². The van der Waals surface area contributed by atoms with Crippen LogP contribution in [0.25, 0.3) is 0 Å². The molecular formula is C26H26ClN3O4S. The van der Waals surface area contributed by atoms with Crippen LogP contribution in [0.15, 0.2) is 70.4 Å². The van der Waals surface area contributed by atoms with Gasteiger partial charge in [0.15, 0.2) is 0 Å². The molecule has 1 aliphatic heterocycles. The molecule has 1 atom stereocenters. The first-order valence-electron chi connectivity index (χ1n) is 10.9. The summed E-state index contributed by atoms with van der Waals surface area (Å²) in [6.45, 7) is 4.04. The number of thioether (sulfide) groups is 1. The average Bonchev–Trinajstić information content (AvgIpc) is 2.83. The van der Waals surface area contributed by atoms with Crippen molar-refractivity contribution in [2.75, 3.05) is 31.4 Å². The van der Waals surface area contributed by atoms with Crippen molar-refractivity contribution in [2.24, 2.45) is 0 Å². The number of carbonyl (C=O) groups excluding carboxylic acids is 2. The van der Waals surface area contributed by atoms with E-state index in [2.05, 4.69) is 16.7 Å². The monoisotopic (exact) mass is 511 g/mol. The number of esters is 1. The molecule has 2 N–H and O–H groups in total. The Morgan fingerprint density at radius 1 is 1.17 bits per heavy atom. The average molecular weight is 512 g/mol. The predicted octanol–water partition coefficient (Wildman–Crippen LogP) is 4.91. The Bertz CT molecular complexity index is 1200. The topological polar surface area (TPSA) is 100 Å². The summed E-state index contributed by atoms with van der Waals surface area (Å²) in [7, 11) is 1.52. The number of rotatable bonds is 9. The highest BCUT2D eigenvalue weighted by molar-refractivity contribution is 8.03. The molecule has 1 heterocycles. The normalized spacial score (nSPS) is 15.3. The molecule has 2 aromatic carbocycles. The van der Waals surface area contributed by atoms with Crippen molar-refractivity contribution < 1.29 is 19.1 Å². The minimum Gasteiger partial charge on any atom is -0.460 e. The van der Waals surface area contributed by atoms with Crippen LogP contribution in [0.2, 0.25) is 5.02 Å². The van der Waals surface area contributed by atoms with Crippen LogP contribution in [-0.2, 0) is 19.1 Å². The van der Waals surface area contributed by atoms with Crippen LogP contribution in [0.5, 0.6) is 0 Å². The molecule has 3 rings (SSSR count). The lowest BCUT2D eigenvalue weighted by molar-refractivity contribution is -0.140. The number of nitrogens with one attached hydrogen (secondary N) is 2. The number of benzene rings is 2. The first kappa shape index (κ1) is 26.4. The zero-order valence-corrected chi connectivity index (χ0v) is 21.3. The fourth-order valence-electron chi connectivity index (χ4n) is 3.64. The number of nitriles is 1. The standard InChI is InChI=1S/C26H26ClN3O4S/c1-16-5-4-6-20(13-16)30-22(31)15-35-25-21(14-28)24(18-7-9-19(27)10-8-18)23(17(2)29-25)26(32)34-12-11-33-3/h4-10,13,24,29H,11-12,15H2,1-3H3,(H,30,31)/t24-/m0/s1. The molecule has 9 heteroatoms. The van der Waals surface area contributed by atoms with Crippen LogP contribution >= 0.6 is 23.4 Å². The maximum absolute atomic E-state index is 13.0. The van der Waals surface area contributed by atoms with E-state index in [4.69, 9.17) is 21.1 Å². The van der Waals surface area contributed by atoms with Crippen LogP contribution in [-0.4, -0.2) is 38.0 Å². The van der Waals surface area contributed by atoms with Gasteiger partial charge in [0.1, 0.15) is 6.61 Å². The number of aryl methyl sites for hydroxylation is 1. The van der Waals surface area contributed by atoms with Gasteiger partial charge in [-0.2, -0.15) is 5.26 Å². The maximum atomic E-state index is 13.0. The van der Waals surface area contributed by atoms with E-state index in [1.54, 1.807) is 31.2 Å². The number of hydrogen-bond acceptors (Lipinski definition) is 7. The minimum atomic E-state index is -0.670. The van der Waals surface area contributed by atoms with E-state index < -0.39 is 11.9 Å². The Morgan fingerprint density at radius 3 is 2.57 bits per heavy atom. The number of nitrogens with zero attached hydrogens (tertiary/aromatic N) is 1. The van der Waals surface area contributed by atoms with Crippen LogP contribution in [0.3, 0.4) is 0 Å². The summed E-state index contributed by atoms with van der Waals surface area (Å²) in [5.41, 5.74) is 3.66. The molecule has 0 fully saturated rings. The first-order valence-corrected chi connectivity index (χ1v) is 12.2. The van der Waals surface area contributed by atoms with Gasteiger partial charge in [0.2, 0.25) is 5.91 Å². The van der Waals surface area contributed by atoms with Gasteiger partial charge in [-0.25, -0.2) is 4.79 Å². The zero-order chi connectivity index (χ0) is 25.4. The van der Waals surface area contributed by atoms with Crippen LogP contribution < -0.4 is 10.6 Å². The number of halogens is 1. The second-order valence-corrected chi connectivity index (χ2v) is 9.26. The fourth-order valence-corrected chi connectivity index (χ4v) is 4.66. The van der Waals surface area contributed by atoms with E-state index in [0.717, 1.165) is 5.56 Å². The van der Waals surface area contributed by atoms with Gasteiger partial charge in [0, 0.05) is 23.5 Å². The Kier molecular flexibility index (Phi) is 9.38. The Hall–Kier alpha value is -3.25. The van der Waals surface area contributed by atoms with Gasteiger partial charge in [0.05, 0.1) is 40.5 Å². The zero-order valence-electron chi connectivity index (χ0n) is 19.7.